The number of rotatable bonds is 4. The number of nitrogens with zero attached hydrogens (tertiary/aromatic N) is 5. The van der Waals surface area contributed by atoms with E-state index in [0.717, 1.165) is 59.7 Å². The highest BCUT2D eigenvalue weighted by molar-refractivity contribution is 7.19. The van der Waals surface area contributed by atoms with Crippen molar-refractivity contribution in [3.63, 3.8) is 0 Å². The van der Waals surface area contributed by atoms with Crippen LogP contribution in [0.4, 0.5) is 15.0 Å². The number of ether oxygens (including phenoxy) is 2. The molecule has 0 bridgehead atoms. The summed E-state index contributed by atoms with van der Waals surface area (Å²) in [5.41, 5.74) is 2.09. The van der Waals surface area contributed by atoms with Crippen LogP contribution in [0.25, 0.3) is 32.5 Å². The Kier molecular flexibility index (Phi) is 5.30. The molecule has 3 aliphatic heterocycles. The molecule has 3 saturated heterocycles. The van der Waals surface area contributed by atoms with Gasteiger partial charge in [-0.25, -0.2) is 19.2 Å². The fourth-order valence-electron chi connectivity index (χ4n) is 5.39. The molecule has 1 atom stereocenters. The first kappa shape index (κ1) is 22.0. The number of aromatic nitrogens is 3. The van der Waals surface area contributed by atoms with Crippen LogP contribution < -0.4 is 4.90 Å². The van der Waals surface area contributed by atoms with Crippen molar-refractivity contribution in [3.8, 4) is 11.4 Å². The molecule has 6 heterocycles. The number of benzene rings is 1. The Bertz CT molecular complexity index is 1470. The van der Waals surface area contributed by atoms with Crippen molar-refractivity contribution in [1.82, 2.24) is 24.8 Å². The van der Waals surface area contributed by atoms with Gasteiger partial charge in [-0.15, -0.1) is 11.3 Å². The number of thiophene rings is 1. The molecule has 0 spiro atoms. The summed E-state index contributed by atoms with van der Waals surface area (Å²) in [6, 6.07) is 7.28. The molecule has 9 nitrogen and oxygen atoms in total. The molecule has 3 fully saturated rings. The van der Waals surface area contributed by atoms with Crippen molar-refractivity contribution >= 4 is 44.4 Å². The Labute approximate surface area is 210 Å². The van der Waals surface area contributed by atoms with Crippen LogP contribution in [0.5, 0.6) is 0 Å². The topological polar surface area (TPSA) is 86.8 Å². The van der Waals surface area contributed by atoms with E-state index in [1.807, 2.05) is 11.0 Å². The van der Waals surface area contributed by atoms with Crippen molar-refractivity contribution in [2.75, 3.05) is 57.4 Å². The molecule has 0 aliphatic carbocycles. The number of morpholine rings is 1. The molecule has 0 radical (unpaired) electrons. The summed E-state index contributed by atoms with van der Waals surface area (Å²) in [7, 11) is 0. The number of cyclic esters (lactones) is 1. The molecule has 11 heteroatoms. The highest BCUT2D eigenvalue weighted by Gasteiger charge is 2.37. The first-order valence-corrected chi connectivity index (χ1v) is 13.0. The lowest BCUT2D eigenvalue weighted by Crippen LogP contribution is -2.51. The molecule has 3 aliphatic rings. The zero-order valence-electron chi connectivity index (χ0n) is 19.6. The number of halogens is 1. The maximum absolute atomic E-state index is 15.1. The second-order valence-electron chi connectivity index (χ2n) is 9.42. The minimum Gasteiger partial charge on any atom is -0.447 e. The van der Waals surface area contributed by atoms with E-state index in [4.69, 9.17) is 19.4 Å². The first-order valence-electron chi connectivity index (χ1n) is 12.2. The quantitative estimate of drug-likeness (QED) is 0.452. The summed E-state index contributed by atoms with van der Waals surface area (Å²) in [6.07, 6.45) is 1.60. The van der Waals surface area contributed by atoms with Gasteiger partial charge in [0, 0.05) is 61.2 Å². The minimum absolute atomic E-state index is 0.112. The van der Waals surface area contributed by atoms with Crippen molar-refractivity contribution in [1.29, 1.82) is 0 Å². The van der Waals surface area contributed by atoms with Crippen molar-refractivity contribution in [2.24, 2.45) is 0 Å². The van der Waals surface area contributed by atoms with Crippen LogP contribution in [0, 0.1) is 5.82 Å². The molecule has 1 aromatic carbocycles. The van der Waals surface area contributed by atoms with Crippen molar-refractivity contribution in [3.05, 3.63) is 41.2 Å². The Morgan fingerprint density at radius 3 is 2.92 bits per heavy atom. The zero-order valence-corrected chi connectivity index (χ0v) is 20.4. The maximum atomic E-state index is 15.1. The average molecular weight is 509 g/mol. The molecular weight excluding hydrogens is 483 g/mol. The number of amides is 1. The van der Waals surface area contributed by atoms with E-state index >= 15 is 4.39 Å². The van der Waals surface area contributed by atoms with Gasteiger partial charge in [0.1, 0.15) is 12.4 Å². The molecule has 0 saturated carbocycles. The number of carbonyl (C=O) groups excluding carboxylic acids is 1. The second kappa shape index (κ2) is 8.68. The number of hydrogen-bond acceptors (Lipinski definition) is 8. The lowest BCUT2D eigenvalue weighted by molar-refractivity contribution is 0.116. The molecule has 186 valence electrons. The Morgan fingerprint density at radius 1 is 1.14 bits per heavy atom. The number of aromatic amines is 1. The van der Waals surface area contributed by atoms with Crippen molar-refractivity contribution < 1.29 is 18.7 Å². The molecular formula is C25H25FN6O3S. The monoisotopic (exact) mass is 508 g/mol. The summed E-state index contributed by atoms with van der Waals surface area (Å²) in [4.78, 5) is 32.4. The number of H-pyrrole nitrogens is 1. The van der Waals surface area contributed by atoms with Gasteiger partial charge >= 0.3 is 6.09 Å². The molecule has 36 heavy (non-hydrogen) atoms. The number of hydrogen-bond donors (Lipinski definition) is 1. The predicted octanol–water partition coefficient (Wildman–Crippen LogP) is 3.45. The van der Waals surface area contributed by atoms with Gasteiger partial charge in [0.05, 0.1) is 35.0 Å². The summed E-state index contributed by atoms with van der Waals surface area (Å²) >= 11 is 1.69. The normalized spacial score (nSPS) is 20.9. The standard InChI is InChI=1S/C25H25FN6O3S/c26-18-1-2-19-17(3-4-27-19)21(18)23-28-20-11-16(13-30-5-6-32-15(12-30)14-35-25(32)33)36-22(20)24(29-23)31-7-9-34-10-8-31/h1-4,11,15,27H,5-10,12-14H2. The number of piperazine rings is 1. The zero-order chi connectivity index (χ0) is 24.2. The number of anilines is 1. The molecule has 7 rings (SSSR count). The van der Waals surface area contributed by atoms with Gasteiger partial charge in [0.2, 0.25) is 0 Å². The molecule has 4 aromatic rings. The van der Waals surface area contributed by atoms with E-state index in [9.17, 15) is 4.79 Å². The van der Waals surface area contributed by atoms with Gasteiger partial charge in [-0.1, -0.05) is 0 Å². The predicted molar refractivity (Wildman–Crippen MR) is 135 cm³/mol. The Balaban J connectivity index is 1.28. The van der Waals surface area contributed by atoms with Crippen LogP contribution in [0.15, 0.2) is 30.5 Å². The van der Waals surface area contributed by atoms with E-state index in [-0.39, 0.29) is 18.0 Å². The summed E-state index contributed by atoms with van der Waals surface area (Å²) in [5, 5.41) is 0.768. The molecule has 3 aromatic heterocycles. The summed E-state index contributed by atoms with van der Waals surface area (Å²) in [5.74, 6) is 0.892. The average Bonchev–Trinajstić information content (AvgIpc) is 3.62. The molecule has 1 N–H and O–H groups in total. The highest BCUT2D eigenvalue weighted by Crippen LogP contribution is 2.37. The van der Waals surface area contributed by atoms with Crippen LogP contribution >= 0.6 is 11.3 Å². The minimum atomic E-state index is -0.337. The van der Waals surface area contributed by atoms with Gasteiger partial charge in [0.25, 0.3) is 0 Å². The van der Waals surface area contributed by atoms with Gasteiger partial charge in [-0.05, 0) is 24.3 Å². The van der Waals surface area contributed by atoms with E-state index < -0.39 is 0 Å². The van der Waals surface area contributed by atoms with Crippen LogP contribution in [0.1, 0.15) is 4.88 Å². The van der Waals surface area contributed by atoms with Crippen LogP contribution in [-0.2, 0) is 16.0 Å². The maximum Gasteiger partial charge on any atom is 0.410 e. The third-order valence-electron chi connectivity index (χ3n) is 7.20. The van der Waals surface area contributed by atoms with Gasteiger partial charge < -0.3 is 19.4 Å². The lowest BCUT2D eigenvalue weighted by atomic mass is 10.1. The Morgan fingerprint density at radius 2 is 2.03 bits per heavy atom. The molecule has 1 unspecified atom stereocenters. The largest absolute Gasteiger partial charge is 0.447 e. The lowest BCUT2D eigenvalue weighted by Gasteiger charge is -2.35. The van der Waals surface area contributed by atoms with Gasteiger partial charge in [-0.2, -0.15) is 0 Å². The number of carbonyl (C=O) groups is 1. The fourth-order valence-corrected chi connectivity index (χ4v) is 6.55. The van der Waals surface area contributed by atoms with Crippen LogP contribution in [0.2, 0.25) is 0 Å². The van der Waals surface area contributed by atoms with Gasteiger partial charge in [-0.3, -0.25) is 9.80 Å². The van der Waals surface area contributed by atoms with Crippen molar-refractivity contribution in [2.45, 2.75) is 12.6 Å². The van der Waals surface area contributed by atoms with E-state index in [2.05, 4.69) is 20.9 Å². The van der Waals surface area contributed by atoms with Crippen LogP contribution in [-0.4, -0.2) is 89.4 Å². The SMILES string of the molecule is O=C1OCC2CN(Cc3cc4nc(-c5c(F)ccc6[nH]ccc56)nc(N5CCOCC5)c4s3)CCN12. The second-order valence-corrected chi connectivity index (χ2v) is 10.6. The first-order chi connectivity index (χ1) is 17.6. The fraction of sp³-hybridized carbons (Fsp3) is 0.400. The van der Waals surface area contributed by atoms with Crippen LogP contribution in [0.3, 0.4) is 0 Å². The molecule has 1 amide bonds. The Hall–Kier alpha value is -3.28. The number of nitrogens with one attached hydrogen (secondary N) is 1. The van der Waals surface area contributed by atoms with E-state index in [1.165, 1.54) is 10.9 Å². The van der Waals surface area contributed by atoms with Gasteiger partial charge in [0.15, 0.2) is 11.6 Å². The highest BCUT2D eigenvalue weighted by atomic mass is 32.1. The van der Waals surface area contributed by atoms with E-state index in [1.54, 1.807) is 23.6 Å². The third kappa shape index (κ3) is 3.69. The summed E-state index contributed by atoms with van der Waals surface area (Å²) in [6.45, 7) is 6.20. The van der Waals surface area contributed by atoms with E-state index in [0.29, 0.717) is 37.8 Å². The summed E-state index contributed by atoms with van der Waals surface area (Å²) < 4.78 is 26.9. The smallest absolute Gasteiger partial charge is 0.410 e. The third-order valence-corrected chi connectivity index (χ3v) is 8.31. The number of fused-ring (bicyclic) bond motifs is 3.